The van der Waals surface area contributed by atoms with E-state index in [1.165, 1.54) is 6.42 Å². The highest BCUT2D eigenvalue weighted by Crippen LogP contribution is 2.29. The van der Waals surface area contributed by atoms with Crippen LogP contribution in [-0.2, 0) is 6.42 Å². The fraction of sp³-hybridized carbons (Fsp3) is 0.647. The molecule has 114 valence electrons. The van der Waals surface area contributed by atoms with E-state index in [1.807, 2.05) is 19.2 Å². The van der Waals surface area contributed by atoms with Crippen LogP contribution in [0.3, 0.4) is 0 Å². The van der Waals surface area contributed by atoms with Crippen molar-refractivity contribution in [2.24, 2.45) is 11.3 Å². The zero-order valence-electron chi connectivity index (χ0n) is 13.3. The van der Waals surface area contributed by atoms with Crippen LogP contribution in [0, 0.1) is 11.3 Å². The molecule has 0 saturated heterocycles. The third-order valence-corrected chi connectivity index (χ3v) is 4.41. The number of hydrogen-bond acceptors (Lipinski definition) is 1. The van der Waals surface area contributed by atoms with Crippen LogP contribution < -0.4 is 5.32 Å². The monoisotopic (exact) mass is 315 g/mol. The molecule has 0 heterocycles. The van der Waals surface area contributed by atoms with Crippen molar-refractivity contribution in [2.75, 3.05) is 7.05 Å². The first-order valence-electron chi connectivity index (χ1n) is 7.33. The minimum absolute atomic E-state index is 0.380. The Bertz CT molecular complexity index is 423. The Morgan fingerprint density at radius 2 is 1.85 bits per heavy atom. The van der Waals surface area contributed by atoms with Gasteiger partial charge in [0.25, 0.3) is 0 Å². The molecule has 0 fully saturated rings. The van der Waals surface area contributed by atoms with Crippen molar-refractivity contribution in [3.63, 3.8) is 0 Å². The third kappa shape index (κ3) is 6.03. The van der Waals surface area contributed by atoms with Gasteiger partial charge in [-0.1, -0.05) is 63.0 Å². The molecule has 2 atom stereocenters. The third-order valence-electron chi connectivity index (χ3n) is 3.55. The molecule has 1 nitrogen and oxygen atoms in total. The lowest BCUT2D eigenvalue weighted by molar-refractivity contribution is 0.277. The van der Waals surface area contributed by atoms with Gasteiger partial charge in [-0.15, -0.1) is 0 Å². The molecule has 0 spiro atoms. The summed E-state index contributed by atoms with van der Waals surface area (Å²) < 4.78 is 0. The van der Waals surface area contributed by atoms with Gasteiger partial charge in [-0.25, -0.2) is 0 Å². The maximum atomic E-state index is 6.28. The largest absolute Gasteiger partial charge is 0.317 e. The summed E-state index contributed by atoms with van der Waals surface area (Å²) in [6.45, 7) is 9.22. The molecule has 0 amide bonds. The topological polar surface area (TPSA) is 12.0 Å². The molecule has 0 bridgehead atoms. The van der Waals surface area contributed by atoms with Crippen LogP contribution in [0.15, 0.2) is 18.2 Å². The van der Waals surface area contributed by atoms with Crippen molar-refractivity contribution in [1.29, 1.82) is 0 Å². The number of hydrogen-bond donors (Lipinski definition) is 1. The average molecular weight is 316 g/mol. The highest BCUT2D eigenvalue weighted by molar-refractivity contribution is 6.42. The molecule has 2 unspecified atom stereocenters. The Kier molecular flexibility index (Phi) is 6.84. The molecule has 0 aromatic heterocycles. The fourth-order valence-corrected chi connectivity index (χ4v) is 3.29. The second kappa shape index (κ2) is 7.68. The Morgan fingerprint density at radius 1 is 1.20 bits per heavy atom. The van der Waals surface area contributed by atoms with E-state index in [1.54, 1.807) is 0 Å². The summed E-state index contributed by atoms with van der Waals surface area (Å²) >= 11 is 12.4. The lowest BCUT2D eigenvalue weighted by atomic mass is 9.82. The SMILES string of the molecule is CNC(Cc1cccc(Cl)c1Cl)CC(C)CC(C)(C)C. The summed E-state index contributed by atoms with van der Waals surface area (Å²) in [6, 6.07) is 6.30. The van der Waals surface area contributed by atoms with Crippen LogP contribution in [0.2, 0.25) is 10.0 Å². The molecule has 1 rings (SSSR count). The van der Waals surface area contributed by atoms with Gasteiger partial charge in [0.05, 0.1) is 10.0 Å². The van der Waals surface area contributed by atoms with Crippen molar-refractivity contribution >= 4 is 23.2 Å². The van der Waals surface area contributed by atoms with Crippen LogP contribution in [0.4, 0.5) is 0 Å². The molecule has 1 aromatic carbocycles. The quantitative estimate of drug-likeness (QED) is 0.721. The molecule has 3 heteroatoms. The van der Waals surface area contributed by atoms with E-state index < -0.39 is 0 Å². The highest BCUT2D eigenvalue weighted by atomic mass is 35.5. The van der Waals surface area contributed by atoms with Gasteiger partial charge in [0.1, 0.15) is 0 Å². The van der Waals surface area contributed by atoms with Crippen molar-refractivity contribution < 1.29 is 0 Å². The predicted octanol–water partition coefficient (Wildman–Crippen LogP) is 5.59. The van der Waals surface area contributed by atoms with Crippen molar-refractivity contribution in [1.82, 2.24) is 5.32 Å². The normalized spacial score (nSPS) is 15.2. The van der Waals surface area contributed by atoms with Crippen molar-refractivity contribution in [2.45, 2.75) is 53.0 Å². The van der Waals surface area contributed by atoms with Gasteiger partial charge in [0.15, 0.2) is 0 Å². The Morgan fingerprint density at radius 3 is 2.40 bits per heavy atom. The number of rotatable bonds is 6. The zero-order chi connectivity index (χ0) is 15.3. The van der Waals surface area contributed by atoms with Crippen molar-refractivity contribution in [3.05, 3.63) is 33.8 Å². The number of likely N-dealkylation sites (N-methyl/N-ethyl adjacent to an activating group) is 1. The molecule has 1 N–H and O–H groups in total. The summed E-state index contributed by atoms with van der Waals surface area (Å²) in [5.41, 5.74) is 1.51. The van der Waals surface area contributed by atoms with E-state index in [0.717, 1.165) is 18.4 Å². The molecule has 0 aliphatic rings. The summed E-state index contributed by atoms with van der Waals surface area (Å²) in [5.74, 6) is 0.686. The van der Waals surface area contributed by atoms with Gasteiger partial charge < -0.3 is 5.32 Å². The van der Waals surface area contributed by atoms with E-state index in [4.69, 9.17) is 23.2 Å². The van der Waals surface area contributed by atoms with Gasteiger partial charge in [0.2, 0.25) is 0 Å². The van der Waals surface area contributed by atoms with Gasteiger partial charge in [-0.3, -0.25) is 0 Å². The molecule has 0 aliphatic heterocycles. The van der Waals surface area contributed by atoms with E-state index in [2.05, 4.69) is 39.1 Å². The second-order valence-electron chi connectivity index (χ2n) is 7.01. The molecule has 1 aromatic rings. The van der Waals surface area contributed by atoms with Crippen LogP contribution in [0.5, 0.6) is 0 Å². The number of nitrogens with one attached hydrogen (secondary N) is 1. The molecular formula is C17H27Cl2N. The summed E-state index contributed by atoms with van der Waals surface area (Å²) in [4.78, 5) is 0. The smallest absolute Gasteiger partial charge is 0.0624 e. The summed E-state index contributed by atoms with van der Waals surface area (Å²) in [6.07, 6.45) is 3.30. The second-order valence-corrected chi connectivity index (χ2v) is 7.79. The standard InChI is InChI=1S/C17H27Cl2N/c1-12(11-17(2,3)4)9-14(20-5)10-13-7-6-8-15(18)16(13)19/h6-8,12,14,20H,9-11H2,1-5H3. The van der Waals surface area contributed by atoms with Gasteiger partial charge in [0, 0.05) is 6.04 Å². The van der Waals surface area contributed by atoms with E-state index in [0.29, 0.717) is 27.4 Å². The molecule has 0 radical (unpaired) electrons. The predicted molar refractivity (Wildman–Crippen MR) is 90.9 cm³/mol. The van der Waals surface area contributed by atoms with Gasteiger partial charge >= 0.3 is 0 Å². The van der Waals surface area contributed by atoms with Gasteiger partial charge in [-0.05, 0) is 49.3 Å². The summed E-state index contributed by atoms with van der Waals surface area (Å²) in [7, 11) is 2.02. The van der Waals surface area contributed by atoms with Crippen LogP contribution in [-0.4, -0.2) is 13.1 Å². The lowest BCUT2D eigenvalue weighted by Gasteiger charge is -2.27. The minimum atomic E-state index is 0.380. The number of benzene rings is 1. The van der Waals surface area contributed by atoms with E-state index >= 15 is 0 Å². The first-order valence-corrected chi connectivity index (χ1v) is 8.08. The Hall–Kier alpha value is -0.240. The maximum absolute atomic E-state index is 6.28. The fourth-order valence-electron chi connectivity index (χ4n) is 2.89. The van der Waals surface area contributed by atoms with Crippen LogP contribution >= 0.6 is 23.2 Å². The van der Waals surface area contributed by atoms with Gasteiger partial charge in [-0.2, -0.15) is 0 Å². The minimum Gasteiger partial charge on any atom is -0.317 e. The van der Waals surface area contributed by atoms with E-state index in [9.17, 15) is 0 Å². The first kappa shape index (κ1) is 17.8. The first-order chi connectivity index (χ1) is 9.23. The Balaban J connectivity index is 2.65. The molecule has 20 heavy (non-hydrogen) atoms. The molecule has 0 aliphatic carbocycles. The zero-order valence-corrected chi connectivity index (χ0v) is 14.8. The Labute approximate surface area is 134 Å². The maximum Gasteiger partial charge on any atom is 0.0624 e. The lowest BCUT2D eigenvalue weighted by Crippen LogP contribution is -2.30. The van der Waals surface area contributed by atoms with Crippen molar-refractivity contribution in [3.8, 4) is 0 Å². The summed E-state index contributed by atoms with van der Waals surface area (Å²) in [5, 5.41) is 4.75. The highest BCUT2D eigenvalue weighted by Gasteiger charge is 2.19. The molecule has 0 saturated carbocycles. The van der Waals surface area contributed by atoms with Crippen LogP contribution in [0.25, 0.3) is 0 Å². The van der Waals surface area contributed by atoms with Crippen LogP contribution in [0.1, 0.15) is 46.1 Å². The number of halogens is 2. The average Bonchev–Trinajstić information content (AvgIpc) is 2.31. The molecular weight excluding hydrogens is 289 g/mol. The van der Waals surface area contributed by atoms with E-state index in [-0.39, 0.29) is 0 Å².